The molecule has 2 bridgehead atoms. The molecule has 0 aromatic carbocycles. The van der Waals surface area contributed by atoms with E-state index < -0.39 is 47.9 Å². The third-order valence-electron chi connectivity index (χ3n) is 5.31. The smallest absolute Gasteiger partial charge is 0.344 e. The molecule has 8 nitrogen and oxygen atoms in total. The van der Waals surface area contributed by atoms with Gasteiger partial charge in [0.25, 0.3) is 0 Å². The van der Waals surface area contributed by atoms with Crippen molar-refractivity contribution in [1.82, 2.24) is 0 Å². The molecule has 1 saturated heterocycles. The lowest BCUT2D eigenvalue weighted by atomic mass is 9.84. The summed E-state index contributed by atoms with van der Waals surface area (Å²) in [5.41, 5.74) is 3.15. The van der Waals surface area contributed by atoms with Crippen molar-refractivity contribution in [3.8, 4) is 0 Å². The van der Waals surface area contributed by atoms with Gasteiger partial charge in [0.1, 0.15) is 17.7 Å². The average molecular weight is 327 g/mol. The molecule has 3 N–H and O–H groups in total. The molecule has 1 aliphatic heterocycles. The van der Waals surface area contributed by atoms with E-state index in [1.54, 1.807) is 6.92 Å². The predicted octanol–water partition coefficient (Wildman–Crippen LogP) is -0.735. The fraction of sp³-hybridized carbons (Fsp3) is 0.800. The Morgan fingerprint density at radius 2 is 2.22 bits per heavy atom. The molecule has 0 radical (unpaired) electrons. The van der Waals surface area contributed by atoms with Crippen LogP contribution in [0, 0.1) is 11.8 Å². The van der Waals surface area contributed by atoms with Crippen molar-refractivity contribution in [2.75, 3.05) is 6.61 Å². The number of esters is 3. The van der Waals surface area contributed by atoms with Crippen LogP contribution in [0.3, 0.4) is 0 Å². The topological polar surface area (TPSA) is 125 Å². The van der Waals surface area contributed by atoms with Crippen LogP contribution in [-0.4, -0.2) is 53.0 Å². The first-order chi connectivity index (χ1) is 10.7. The van der Waals surface area contributed by atoms with Crippen LogP contribution in [0.2, 0.25) is 0 Å². The standard InChI is InChI=1S/C15H21NO7/c1-3-14(2,16)12(18)21-6-9(17)22-10-7-4-8-11(10)23-13(19)15(8,20)5-7/h7-8,10-11,20H,3-6,16H2,1-2H3. The summed E-state index contributed by atoms with van der Waals surface area (Å²) in [6, 6.07) is 0. The van der Waals surface area contributed by atoms with Gasteiger partial charge in [-0.2, -0.15) is 0 Å². The van der Waals surface area contributed by atoms with Crippen molar-refractivity contribution in [3.05, 3.63) is 0 Å². The Balaban J connectivity index is 1.55. The van der Waals surface area contributed by atoms with Crippen molar-refractivity contribution >= 4 is 17.9 Å². The van der Waals surface area contributed by atoms with Gasteiger partial charge in [0.2, 0.25) is 0 Å². The summed E-state index contributed by atoms with van der Waals surface area (Å²) < 4.78 is 15.4. The first kappa shape index (κ1) is 16.2. The maximum atomic E-state index is 11.9. The zero-order valence-electron chi connectivity index (χ0n) is 13.1. The van der Waals surface area contributed by atoms with E-state index >= 15 is 0 Å². The molecule has 3 aliphatic rings. The predicted molar refractivity (Wildman–Crippen MR) is 74.8 cm³/mol. The van der Waals surface area contributed by atoms with Crippen LogP contribution in [0.1, 0.15) is 33.1 Å². The van der Waals surface area contributed by atoms with E-state index in [9.17, 15) is 19.5 Å². The molecular formula is C15H21NO7. The van der Waals surface area contributed by atoms with Gasteiger partial charge < -0.3 is 25.1 Å². The highest BCUT2D eigenvalue weighted by atomic mass is 16.6. The van der Waals surface area contributed by atoms with Crippen LogP contribution < -0.4 is 5.73 Å². The van der Waals surface area contributed by atoms with Crippen molar-refractivity contribution in [2.24, 2.45) is 17.6 Å². The van der Waals surface area contributed by atoms with Crippen LogP contribution >= 0.6 is 0 Å². The molecule has 6 atom stereocenters. The highest BCUT2D eigenvalue weighted by Crippen LogP contribution is 2.57. The van der Waals surface area contributed by atoms with Gasteiger partial charge in [0, 0.05) is 11.8 Å². The number of hydrogen-bond donors (Lipinski definition) is 2. The number of nitrogens with two attached hydrogens (primary N) is 1. The number of rotatable bonds is 5. The van der Waals surface area contributed by atoms with Gasteiger partial charge in [-0.05, 0) is 26.2 Å². The fourth-order valence-electron chi connectivity index (χ4n) is 3.70. The Labute approximate surface area is 133 Å². The van der Waals surface area contributed by atoms with Gasteiger partial charge in [-0.15, -0.1) is 0 Å². The van der Waals surface area contributed by atoms with Gasteiger partial charge in [0.15, 0.2) is 12.2 Å². The number of ether oxygens (including phenoxy) is 3. The third-order valence-corrected chi connectivity index (χ3v) is 5.31. The SMILES string of the molecule is CCC(C)(N)C(=O)OCC(=O)OC1C2CC3C1OC(=O)C3(O)C2. The summed E-state index contributed by atoms with van der Waals surface area (Å²) >= 11 is 0. The summed E-state index contributed by atoms with van der Waals surface area (Å²) in [6.07, 6.45) is 0.00168. The number of aliphatic hydroxyl groups is 1. The summed E-state index contributed by atoms with van der Waals surface area (Å²) in [5, 5.41) is 10.2. The lowest BCUT2D eigenvalue weighted by molar-refractivity contribution is -0.171. The molecule has 0 spiro atoms. The number of hydrogen-bond acceptors (Lipinski definition) is 8. The van der Waals surface area contributed by atoms with Crippen LogP contribution in [-0.2, 0) is 28.6 Å². The lowest BCUT2D eigenvalue weighted by Crippen LogP contribution is -2.47. The van der Waals surface area contributed by atoms with E-state index in [4.69, 9.17) is 19.9 Å². The molecule has 0 aromatic rings. The average Bonchev–Trinajstić information content (AvgIpc) is 3.05. The van der Waals surface area contributed by atoms with Crippen molar-refractivity contribution in [1.29, 1.82) is 0 Å². The molecular weight excluding hydrogens is 306 g/mol. The minimum atomic E-state index is -1.42. The van der Waals surface area contributed by atoms with Crippen molar-refractivity contribution in [3.63, 3.8) is 0 Å². The second kappa shape index (κ2) is 5.17. The van der Waals surface area contributed by atoms with E-state index in [2.05, 4.69) is 0 Å². The number of carbonyl (C=O) groups excluding carboxylic acids is 3. The van der Waals surface area contributed by atoms with E-state index in [1.807, 2.05) is 0 Å². The Bertz CT molecular complexity index is 560. The third kappa shape index (κ3) is 2.40. The number of carbonyl (C=O) groups is 3. The van der Waals surface area contributed by atoms with Crippen LogP contribution in [0.15, 0.2) is 0 Å². The Morgan fingerprint density at radius 3 is 2.87 bits per heavy atom. The first-order valence-corrected chi connectivity index (χ1v) is 7.78. The quantitative estimate of drug-likeness (QED) is 0.500. The van der Waals surface area contributed by atoms with Crippen LogP contribution in [0.25, 0.3) is 0 Å². The largest absolute Gasteiger partial charge is 0.456 e. The molecule has 128 valence electrons. The molecule has 0 aromatic heterocycles. The fourth-order valence-corrected chi connectivity index (χ4v) is 3.70. The van der Waals surface area contributed by atoms with Gasteiger partial charge >= 0.3 is 17.9 Å². The lowest BCUT2D eigenvalue weighted by Gasteiger charge is -2.28. The molecule has 8 heteroatoms. The molecule has 3 fully saturated rings. The summed E-state index contributed by atoms with van der Waals surface area (Å²) in [5.74, 6) is -2.47. The zero-order chi connectivity index (χ0) is 17.0. The highest BCUT2D eigenvalue weighted by Gasteiger charge is 2.71. The minimum Gasteiger partial charge on any atom is -0.456 e. The van der Waals surface area contributed by atoms with Crippen LogP contribution in [0.5, 0.6) is 0 Å². The molecule has 6 unspecified atom stereocenters. The molecule has 2 saturated carbocycles. The van der Waals surface area contributed by atoms with E-state index in [-0.39, 0.29) is 18.3 Å². The van der Waals surface area contributed by atoms with Gasteiger partial charge in [-0.3, -0.25) is 4.79 Å². The second-order valence-corrected chi connectivity index (χ2v) is 6.90. The van der Waals surface area contributed by atoms with E-state index in [1.165, 1.54) is 6.92 Å². The molecule has 2 aliphatic carbocycles. The maximum Gasteiger partial charge on any atom is 0.344 e. The van der Waals surface area contributed by atoms with E-state index in [0.29, 0.717) is 12.8 Å². The summed E-state index contributed by atoms with van der Waals surface area (Å²) in [6.45, 7) is 2.73. The zero-order valence-corrected chi connectivity index (χ0v) is 13.1. The normalized spacial score (nSPS) is 39.7. The Morgan fingerprint density at radius 1 is 1.52 bits per heavy atom. The highest BCUT2D eigenvalue weighted by molar-refractivity contribution is 5.84. The Kier molecular flexibility index (Phi) is 3.64. The first-order valence-electron chi connectivity index (χ1n) is 7.78. The van der Waals surface area contributed by atoms with Crippen molar-refractivity contribution in [2.45, 2.75) is 56.5 Å². The molecule has 23 heavy (non-hydrogen) atoms. The summed E-state index contributed by atoms with van der Waals surface area (Å²) in [7, 11) is 0. The molecule has 0 amide bonds. The molecule has 3 rings (SSSR count). The summed E-state index contributed by atoms with van der Waals surface area (Å²) in [4.78, 5) is 35.3. The molecule has 1 heterocycles. The van der Waals surface area contributed by atoms with Crippen LogP contribution in [0.4, 0.5) is 0 Å². The minimum absolute atomic E-state index is 0.114. The van der Waals surface area contributed by atoms with Crippen molar-refractivity contribution < 1.29 is 33.7 Å². The van der Waals surface area contributed by atoms with E-state index in [0.717, 1.165) is 0 Å². The number of fused-ring (bicyclic) bond motifs is 1. The maximum absolute atomic E-state index is 11.9. The van der Waals surface area contributed by atoms with Gasteiger partial charge in [-0.25, -0.2) is 9.59 Å². The van der Waals surface area contributed by atoms with Gasteiger partial charge in [0.05, 0.1) is 0 Å². The van der Waals surface area contributed by atoms with Gasteiger partial charge in [-0.1, -0.05) is 6.92 Å². The second-order valence-electron chi connectivity index (χ2n) is 6.90. The monoisotopic (exact) mass is 327 g/mol. The Hall–Kier alpha value is -1.67.